The number of hydrogen-bond acceptors (Lipinski definition) is 4. The summed E-state index contributed by atoms with van der Waals surface area (Å²) in [5.41, 5.74) is 1.72. The van der Waals surface area contributed by atoms with E-state index in [4.69, 9.17) is 0 Å². The molecule has 0 saturated carbocycles. The fraction of sp³-hybridized carbons (Fsp3) is 0.471. The molecule has 0 spiro atoms. The van der Waals surface area contributed by atoms with Crippen molar-refractivity contribution in [2.45, 2.75) is 38.6 Å². The molecule has 1 aromatic carbocycles. The molecule has 7 nitrogen and oxygen atoms in total. The number of nitrogens with one attached hydrogen (secondary N) is 2. The van der Waals surface area contributed by atoms with Gasteiger partial charge in [-0.2, -0.15) is 0 Å². The normalized spacial score (nSPS) is 15.1. The first kappa shape index (κ1) is 17.8. The molecule has 1 aromatic rings. The van der Waals surface area contributed by atoms with Gasteiger partial charge in [0.25, 0.3) is 5.91 Å². The molecule has 7 heteroatoms. The van der Waals surface area contributed by atoms with E-state index in [-0.39, 0.29) is 5.91 Å². The highest BCUT2D eigenvalue weighted by molar-refractivity contribution is 6.01. The summed E-state index contributed by atoms with van der Waals surface area (Å²) < 4.78 is 0. The van der Waals surface area contributed by atoms with E-state index in [9.17, 15) is 19.5 Å². The maximum atomic E-state index is 12.4. The molecule has 1 aliphatic rings. The van der Waals surface area contributed by atoms with Crippen LogP contribution in [0.3, 0.4) is 0 Å². The van der Waals surface area contributed by atoms with Crippen LogP contribution in [0.25, 0.3) is 0 Å². The molecule has 2 rings (SSSR count). The van der Waals surface area contributed by atoms with Crippen molar-refractivity contribution in [1.29, 1.82) is 0 Å². The predicted octanol–water partition coefficient (Wildman–Crippen LogP) is 1.84. The Bertz CT molecular complexity index is 645. The molecule has 24 heavy (non-hydrogen) atoms. The lowest BCUT2D eigenvalue weighted by Gasteiger charge is -2.19. The first-order valence-corrected chi connectivity index (χ1v) is 8.11. The Morgan fingerprint density at radius 3 is 2.83 bits per heavy atom. The van der Waals surface area contributed by atoms with Crippen molar-refractivity contribution in [2.24, 2.45) is 0 Å². The third-order valence-corrected chi connectivity index (χ3v) is 4.07. The number of carboxylic acids is 1. The molecule has 1 heterocycles. The number of anilines is 2. The Labute approximate surface area is 141 Å². The highest BCUT2D eigenvalue weighted by Crippen LogP contribution is 2.28. The monoisotopic (exact) mass is 333 g/mol. The standard InChI is InChI=1S/C17H23N3O4/c1-3-4-5-12(17(23)24)19-16(22)11-6-7-14-13(10-11)18-15(21)8-9-20(14)2/h6-7,10,12H,3-5,8-9H2,1-2H3,(H,18,21)(H,19,22)(H,23,24). The van der Waals surface area contributed by atoms with E-state index >= 15 is 0 Å². The largest absolute Gasteiger partial charge is 0.480 e. The number of aliphatic carboxylic acids is 1. The van der Waals surface area contributed by atoms with Crippen LogP contribution in [0, 0.1) is 0 Å². The van der Waals surface area contributed by atoms with E-state index in [0.717, 1.165) is 18.5 Å². The maximum Gasteiger partial charge on any atom is 0.326 e. The number of benzene rings is 1. The number of rotatable bonds is 6. The number of carbonyl (C=O) groups is 3. The van der Waals surface area contributed by atoms with Gasteiger partial charge in [-0.05, 0) is 24.6 Å². The van der Waals surface area contributed by atoms with Gasteiger partial charge in [0, 0.05) is 25.6 Å². The van der Waals surface area contributed by atoms with E-state index in [1.807, 2.05) is 18.9 Å². The van der Waals surface area contributed by atoms with Crippen LogP contribution in [0.2, 0.25) is 0 Å². The fourth-order valence-corrected chi connectivity index (χ4v) is 2.62. The van der Waals surface area contributed by atoms with Gasteiger partial charge in [-0.15, -0.1) is 0 Å². The highest BCUT2D eigenvalue weighted by Gasteiger charge is 2.22. The summed E-state index contributed by atoms with van der Waals surface area (Å²) in [4.78, 5) is 37.3. The summed E-state index contributed by atoms with van der Waals surface area (Å²) in [5, 5.41) is 14.5. The van der Waals surface area contributed by atoms with E-state index in [1.54, 1.807) is 18.2 Å². The Kier molecular flexibility index (Phi) is 5.78. The van der Waals surface area contributed by atoms with Crippen LogP contribution in [0.4, 0.5) is 11.4 Å². The second kappa shape index (κ2) is 7.81. The van der Waals surface area contributed by atoms with Crippen LogP contribution < -0.4 is 15.5 Å². The second-order valence-corrected chi connectivity index (χ2v) is 5.96. The van der Waals surface area contributed by atoms with E-state index in [1.165, 1.54) is 0 Å². The lowest BCUT2D eigenvalue weighted by Crippen LogP contribution is -2.40. The average molecular weight is 333 g/mol. The van der Waals surface area contributed by atoms with Crippen molar-refractivity contribution in [1.82, 2.24) is 5.32 Å². The SMILES string of the molecule is CCCCC(NC(=O)c1ccc2c(c1)NC(=O)CCN2C)C(=O)O. The minimum Gasteiger partial charge on any atom is -0.480 e. The minimum atomic E-state index is -1.04. The van der Waals surface area contributed by atoms with Gasteiger partial charge in [-0.1, -0.05) is 19.8 Å². The summed E-state index contributed by atoms with van der Waals surface area (Å²) in [6.07, 6.45) is 2.35. The molecule has 2 amide bonds. The van der Waals surface area contributed by atoms with Crippen molar-refractivity contribution in [3.8, 4) is 0 Å². The molecule has 3 N–H and O–H groups in total. The molecule has 1 aliphatic heterocycles. The third kappa shape index (κ3) is 4.24. The summed E-state index contributed by atoms with van der Waals surface area (Å²) in [6, 6.07) is 4.08. The first-order valence-electron chi connectivity index (χ1n) is 8.11. The highest BCUT2D eigenvalue weighted by atomic mass is 16.4. The molecule has 1 atom stereocenters. The topological polar surface area (TPSA) is 98.7 Å². The van der Waals surface area contributed by atoms with Crippen LogP contribution in [0.15, 0.2) is 18.2 Å². The van der Waals surface area contributed by atoms with E-state index in [0.29, 0.717) is 30.6 Å². The molecule has 0 aliphatic carbocycles. The summed E-state index contributed by atoms with van der Waals surface area (Å²) in [5.74, 6) is -1.61. The molecule has 0 radical (unpaired) electrons. The van der Waals surface area contributed by atoms with Gasteiger partial charge < -0.3 is 20.6 Å². The van der Waals surface area contributed by atoms with Crippen LogP contribution in [-0.4, -0.2) is 42.5 Å². The zero-order valence-electron chi connectivity index (χ0n) is 14.0. The fourth-order valence-electron chi connectivity index (χ4n) is 2.62. The van der Waals surface area contributed by atoms with Crippen LogP contribution in [0.5, 0.6) is 0 Å². The summed E-state index contributed by atoms with van der Waals surface area (Å²) in [6.45, 7) is 2.56. The Balaban J connectivity index is 2.18. The number of fused-ring (bicyclic) bond motifs is 1. The molecule has 1 unspecified atom stereocenters. The number of hydrogen-bond donors (Lipinski definition) is 3. The van der Waals surface area contributed by atoms with Gasteiger partial charge in [0.15, 0.2) is 0 Å². The number of carbonyl (C=O) groups excluding carboxylic acids is 2. The van der Waals surface area contributed by atoms with Gasteiger partial charge >= 0.3 is 5.97 Å². The van der Waals surface area contributed by atoms with Gasteiger partial charge in [-0.3, -0.25) is 9.59 Å². The third-order valence-electron chi connectivity index (χ3n) is 4.07. The number of nitrogens with zero attached hydrogens (tertiary/aromatic N) is 1. The van der Waals surface area contributed by atoms with Gasteiger partial charge in [0.05, 0.1) is 11.4 Å². The Hall–Kier alpha value is -2.57. The lowest BCUT2D eigenvalue weighted by atomic mass is 10.1. The molecule has 0 bridgehead atoms. The Morgan fingerprint density at radius 2 is 2.17 bits per heavy atom. The first-order chi connectivity index (χ1) is 11.4. The van der Waals surface area contributed by atoms with Gasteiger partial charge in [0.2, 0.25) is 5.91 Å². The molecule has 130 valence electrons. The minimum absolute atomic E-state index is 0.107. The average Bonchev–Trinajstić information content (AvgIpc) is 2.69. The van der Waals surface area contributed by atoms with E-state index in [2.05, 4.69) is 10.6 Å². The van der Waals surface area contributed by atoms with Crippen molar-refractivity contribution >= 4 is 29.2 Å². The predicted molar refractivity (Wildman–Crippen MR) is 91.4 cm³/mol. The van der Waals surface area contributed by atoms with Gasteiger partial charge in [0.1, 0.15) is 6.04 Å². The number of amides is 2. The summed E-state index contributed by atoms with van der Waals surface area (Å²) in [7, 11) is 1.88. The molecule has 0 aromatic heterocycles. The molecular weight excluding hydrogens is 310 g/mol. The Morgan fingerprint density at radius 1 is 1.42 bits per heavy atom. The van der Waals surface area contributed by atoms with Crippen LogP contribution in [0.1, 0.15) is 43.0 Å². The van der Waals surface area contributed by atoms with Gasteiger partial charge in [-0.25, -0.2) is 4.79 Å². The van der Waals surface area contributed by atoms with Crippen LogP contribution >= 0.6 is 0 Å². The van der Waals surface area contributed by atoms with Crippen molar-refractivity contribution in [2.75, 3.05) is 23.8 Å². The zero-order chi connectivity index (χ0) is 17.7. The van der Waals surface area contributed by atoms with Crippen molar-refractivity contribution in [3.63, 3.8) is 0 Å². The summed E-state index contributed by atoms with van der Waals surface area (Å²) >= 11 is 0. The molecule has 0 fully saturated rings. The quantitative estimate of drug-likeness (QED) is 0.738. The van der Waals surface area contributed by atoms with Crippen LogP contribution in [-0.2, 0) is 9.59 Å². The maximum absolute atomic E-state index is 12.4. The van der Waals surface area contributed by atoms with Crippen molar-refractivity contribution < 1.29 is 19.5 Å². The smallest absolute Gasteiger partial charge is 0.326 e. The number of carboxylic acid groups (broad SMARTS) is 1. The lowest BCUT2D eigenvalue weighted by molar-refractivity contribution is -0.139. The van der Waals surface area contributed by atoms with E-state index < -0.39 is 17.9 Å². The second-order valence-electron chi connectivity index (χ2n) is 5.96. The molecule has 0 saturated heterocycles. The number of unbranched alkanes of at least 4 members (excludes halogenated alkanes) is 1. The molecular formula is C17H23N3O4. The zero-order valence-corrected chi connectivity index (χ0v) is 14.0. The van der Waals surface area contributed by atoms with Crippen molar-refractivity contribution in [3.05, 3.63) is 23.8 Å².